The molecule has 0 atom stereocenters. The number of alkyl halides is 1. The molecule has 0 aliphatic heterocycles. The van der Waals surface area contributed by atoms with E-state index >= 15 is 0 Å². The second kappa shape index (κ2) is 6.69. The molecule has 0 saturated heterocycles. The molecule has 1 amide bonds. The number of hydrogen-bond donors (Lipinski definition) is 1. The number of ether oxygens (including phenoxy) is 1. The summed E-state index contributed by atoms with van der Waals surface area (Å²) in [6.45, 7) is 2.64. The number of carbonyl (C=O) groups is 2. The van der Waals surface area contributed by atoms with Crippen molar-refractivity contribution in [3.05, 3.63) is 11.4 Å². The van der Waals surface area contributed by atoms with Gasteiger partial charge in [-0.2, -0.15) is 0 Å². The van der Waals surface area contributed by atoms with Gasteiger partial charge in [-0.05, 0) is 25.7 Å². The van der Waals surface area contributed by atoms with Gasteiger partial charge in [0.1, 0.15) is 6.54 Å². The Labute approximate surface area is 121 Å². The standard InChI is InChI=1S/C12H17ClN4O3/c1-2-20-12(19)11-9(5-13)17(16-15-11)7-10(18)14-6-8-3-4-8/h8H,2-7H2,1H3,(H,14,18). The lowest BCUT2D eigenvalue weighted by Crippen LogP contribution is -2.30. The number of nitrogens with one attached hydrogen (secondary N) is 1. The van der Waals surface area contributed by atoms with Crippen molar-refractivity contribution in [3.63, 3.8) is 0 Å². The molecule has 1 saturated carbocycles. The fraction of sp³-hybridized carbons (Fsp3) is 0.667. The number of hydrogen-bond acceptors (Lipinski definition) is 5. The average Bonchev–Trinajstić information content (AvgIpc) is 3.17. The number of rotatable bonds is 7. The summed E-state index contributed by atoms with van der Waals surface area (Å²) in [4.78, 5) is 23.4. The summed E-state index contributed by atoms with van der Waals surface area (Å²) < 4.78 is 6.20. The summed E-state index contributed by atoms with van der Waals surface area (Å²) in [6, 6.07) is 0. The van der Waals surface area contributed by atoms with E-state index in [0.29, 0.717) is 18.2 Å². The highest BCUT2D eigenvalue weighted by atomic mass is 35.5. The van der Waals surface area contributed by atoms with Crippen molar-refractivity contribution in [2.45, 2.75) is 32.2 Å². The lowest BCUT2D eigenvalue weighted by Gasteiger charge is -2.06. The van der Waals surface area contributed by atoms with E-state index in [-0.39, 0.29) is 30.6 Å². The first-order chi connectivity index (χ1) is 9.65. The van der Waals surface area contributed by atoms with E-state index in [9.17, 15) is 9.59 Å². The highest BCUT2D eigenvalue weighted by molar-refractivity contribution is 6.17. The molecule has 0 spiro atoms. The van der Waals surface area contributed by atoms with Crippen molar-refractivity contribution in [1.82, 2.24) is 20.3 Å². The molecule has 1 aliphatic carbocycles. The predicted octanol–water partition coefficient (Wildman–Crippen LogP) is 0.720. The lowest BCUT2D eigenvalue weighted by atomic mass is 10.3. The zero-order valence-corrected chi connectivity index (χ0v) is 12.0. The summed E-state index contributed by atoms with van der Waals surface area (Å²) >= 11 is 5.80. The first kappa shape index (κ1) is 14.8. The first-order valence-electron chi connectivity index (χ1n) is 6.57. The van der Waals surface area contributed by atoms with Gasteiger partial charge in [0, 0.05) is 6.54 Å². The topological polar surface area (TPSA) is 86.1 Å². The average molecular weight is 301 g/mol. The van der Waals surface area contributed by atoms with Crippen molar-refractivity contribution in [1.29, 1.82) is 0 Å². The highest BCUT2D eigenvalue weighted by Gasteiger charge is 2.23. The monoisotopic (exact) mass is 300 g/mol. The maximum atomic E-state index is 11.8. The molecule has 0 aromatic carbocycles. The van der Waals surface area contributed by atoms with Gasteiger partial charge in [-0.3, -0.25) is 4.79 Å². The smallest absolute Gasteiger partial charge is 0.360 e. The van der Waals surface area contributed by atoms with Crippen LogP contribution in [0.3, 0.4) is 0 Å². The molecule has 1 aromatic heterocycles. The van der Waals surface area contributed by atoms with Crippen LogP contribution in [-0.4, -0.2) is 40.0 Å². The third kappa shape index (κ3) is 3.69. The van der Waals surface area contributed by atoms with Crippen molar-refractivity contribution in [3.8, 4) is 0 Å². The Balaban J connectivity index is 1.99. The molecule has 1 N–H and O–H groups in total. The van der Waals surface area contributed by atoms with E-state index in [2.05, 4.69) is 15.6 Å². The summed E-state index contributed by atoms with van der Waals surface area (Å²) in [5, 5.41) is 10.4. The molecule has 1 aliphatic rings. The van der Waals surface area contributed by atoms with Crippen molar-refractivity contribution < 1.29 is 14.3 Å². The summed E-state index contributed by atoms with van der Waals surface area (Å²) in [7, 11) is 0. The third-order valence-corrected chi connectivity index (χ3v) is 3.26. The number of nitrogens with zero attached hydrogens (tertiary/aromatic N) is 3. The minimum atomic E-state index is -0.576. The van der Waals surface area contributed by atoms with Gasteiger partial charge >= 0.3 is 5.97 Å². The van der Waals surface area contributed by atoms with Gasteiger partial charge in [-0.1, -0.05) is 5.21 Å². The molecule has 0 radical (unpaired) electrons. The van der Waals surface area contributed by atoms with Gasteiger partial charge in [-0.25, -0.2) is 9.48 Å². The van der Waals surface area contributed by atoms with Gasteiger partial charge < -0.3 is 10.1 Å². The summed E-state index contributed by atoms with van der Waals surface area (Å²) in [5.74, 6) is -0.0921. The molecule has 0 unspecified atom stereocenters. The minimum Gasteiger partial charge on any atom is -0.461 e. The maximum absolute atomic E-state index is 11.8. The number of halogens is 1. The van der Waals surface area contributed by atoms with Gasteiger partial charge in [0.2, 0.25) is 5.91 Å². The molecule has 2 rings (SSSR count). The van der Waals surface area contributed by atoms with E-state index in [1.165, 1.54) is 17.5 Å². The van der Waals surface area contributed by atoms with Gasteiger partial charge in [0.05, 0.1) is 18.2 Å². The fourth-order valence-electron chi connectivity index (χ4n) is 1.72. The number of aromatic nitrogens is 3. The number of carbonyl (C=O) groups excluding carboxylic acids is 2. The van der Waals surface area contributed by atoms with E-state index in [4.69, 9.17) is 16.3 Å². The van der Waals surface area contributed by atoms with Crippen LogP contribution < -0.4 is 5.32 Å². The maximum Gasteiger partial charge on any atom is 0.360 e. The van der Waals surface area contributed by atoms with Gasteiger partial charge in [0.15, 0.2) is 5.69 Å². The van der Waals surface area contributed by atoms with Crippen molar-refractivity contribution >= 4 is 23.5 Å². The SMILES string of the molecule is CCOC(=O)c1nnn(CC(=O)NCC2CC2)c1CCl. The molecule has 1 aromatic rings. The highest BCUT2D eigenvalue weighted by Crippen LogP contribution is 2.27. The zero-order chi connectivity index (χ0) is 14.5. The Kier molecular flexibility index (Phi) is 4.94. The van der Waals surface area contributed by atoms with Crippen LogP contribution in [0.2, 0.25) is 0 Å². The summed E-state index contributed by atoms with van der Waals surface area (Å²) in [6.07, 6.45) is 2.34. The van der Waals surface area contributed by atoms with Crippen LogP contribution >= 0.6 is 11.6 Å². The Hall–Kier alpha value is -1.63. The molecule has 7 nitrogen and oxygen atoms in total. The molecular weight excluding hydrogens is 284 g/mol. The molecule has 1 heterocycles. The largest absolute Gasteiger partial charge is 0.461 e. The Morgan fingerprint density at radius 1 is 1.50 bits per heavy atom. The number of esters is 1. The van der Waals surface area contributed by atoms with Crippen molar-refractivity contribution in [2.24, 2.45) is 5.92 Å². The number of amides is 1. The second-order valence-electron chi connectivity index (χ2n) is 4.64. The van der Waals surface area contributed by atoms with E-state index < -0.39 is 5.97 Å². The van der Waals surface area contributed by atoms with Gasteiger partial charge in [-0.15, -0.1) is 16.7 Å². The molecule has 20 heavy (non-hydrogen) atoms. The lowest BCUT2D eigenvalue weighted by molar-refractivity contribution is -0.121. The van der Waals surface area contributed by atoms with Crippen LogP contribution in [-0.2, 0) is 22.0 Å². The zero-order valence-electron chi connectivity index (χ0n) is 11.3. The normalized spacial score (nSPS) is 14.1. The van der Waals surface area contributed by atoms with E-state index in [1.807, 2.05) is 0 Å². The quantitative estimate of drug-likeness (QED) is 0.592. The van der Waals surface area contributed by atoms with Crippen LogP contribution in [0.25, 0.3) is 0 Å². The molecule has 8 heteroatoms. The first-order valence-corrected chi connectivity index (χ1v) is 7.11. The van der Waals surface area contributed by atoms with Crippen LogP contribution in [0, 0.1) is 5.92 Å². The molecular formula is C12H17ClN4O3. The van der Waals surface area contributed by atoms with Gasteiger partial charge in [0.25, 0.3) is 0 Å². The van der Waals surface area contributed by atoms with Crippen LogP contribution in [0.15, 0.2) is 0 Å². The predicted molar refractivity (Wildman–Crippen MR) is 71.3 cm³/mol. The summed E-state index contributed by atoms with van der Waals surface area (Å²) in [5.41, 5.74) is 0.462. The van der Waals surface area contributed by atoms with Crippen LogP contribution in [0.1, 0.15) is 35.9 Å². The second-order valence-corrected chi connectivity index (χ2v) is 4.91. The Morgan fingerprint density at radius 2 is 2.25 bits per heavy atom. The van der Waals surface area contributed by atoms with Crippen LogP contribution in [0.4, 0.5) is 0 Å². The Morgan fingerprint density at radius 3 is 2.85 bits per heavy atom. The van der Waals surface area contributed by atoms with Crippen molar-refractivity contribution in [2.75, 3.05) is 13.2 Å². The van der Waals surface area contributed by atoms with E-state index in [1.54, 1.807) is 6.92 Å². The van der Waals surface area contributed by atoms with E-state index in [0.717, 1.165) is 0 Å². The fourth-order valence-corrected chi connectivity index (χ4v) is 1.99. The molecule has 110 valence electrons. The third-order valence-electron chi connectivity index (χ3n) is 3.01. The Bertz CT molecular complexity index is 499. The molecule has 1 fully saturated rings. The van der Waals surface area contributed by atoms with Crippen LogP contribution in [0.5, 0.6) is 0 Å². The minimum absolute atomic E-state index is 0.00117. The molecule has 0 bridgehead atoms.